The number of hydrogen-bond donors (Lipinski definition) is 2. The summed E-state index contributed by atoms with van der Waals surface area (Å²) in [6.45, 7) is 0. The van der Waals surface area contributed by atoms with Crippen molar-refractivity contribution in [1.82, 2.24) is 4.90 Å². The molecule has 0 aliphatic rings. The summed E-state index contributed by atoms with van der Waals surface area (Å²) in [6.07, 6.45) is 0. The minimum atomic E-state index is -0.951. The maximum absolute atomic E-state index is 10.6. The molecule has 0 unspecified atom stereocenters. The number of hydrogen-bond acceptors (Lipinski definition) is 2. The summed E-state index contributed by atoms with van der Waals surface area (Å²) in [4.78, 5) is 12.2. The summed E-state index contributed by atoms with van der Waals surface area (Å²) >= 11 is 0. The van der Waals surface area contributed by atoms with E-state index < -0.39 is 5.97 Å². The third kappa shape index (κ3) is 2.10. The minimum Gasteiger partial charge on any atom is -0.478 e. The van der Waals surface area contributed by atoms with Crippen molar-refractivity contribution in [1.29, 1.82) is 5.41 Å². The van der Waals surface area contributed by atoms with Crippen molar-refractivity contribution >= 4 is 11.8 Å². The van der Waals surface area contributed by atoms with Crippen molar-refractivity contribution in [2.45, 2.75) is 0 Å². The Kier molecular flexibility index (Phi) is 2.86. The number of nitrogens with one attached hydrogen (secondary N) is 1. The molecule has 14 heavy (non-hydrogen) atoms. The van der Waals surface area contributed by atoms with Gasteiger partial charge in [-0.05, 0) is 12.1 Å². The molecule has 0 aliphatic heterocycles. The van der Waals surface area contributed by atoms with Crippen molar-refractivity contribution in [2.24, 2.45) is 0 Å². The molecule has 1 aromatic carbocycles. The fourth-order valence-corrected chi connectivity index (χ4v) is 1.03. The highest BCUT2D eigenvalue weighted by Gasteiger charge is 2.05. The van der Waals surface area contributed by atoms with E-state index in [2.05, 4.69) is 0 Å². The normalized spacial score (nSPS) is 9.57. The summed E-state index contributed by atoms with van der Waals surface area (Å²) in [5, 5.41) is 16.3. The molecule has 0 fully saturated rings. The van der Waals surface area contributed by atoms with Crippen molar-refractivity contribution in [3.8, 4) is 0 Å². The van der Waals surface area contributed by atoms with Gasteiger partial charge in [0, 0.05) is 19.7 Å². The van der Waals surface area contributed by atoms with Crippen LogP contribution in [0.4, 0.5) is 0 Å². The predicted octanol–water partition coefficient (Wildman–Crippen LogP) is 1.27. The van der Waals surface area contributed by atoms with Gasteiger partial charge in [-0.3, -0.25) is 5.41 Å². The van der Waals surface area contributed by atoms with Crippen molar-refractivity contribution < 1.29 is 9.90 Å². The van der Waals surface area contributed by atoms with Crippen LogP contribution < -0.4 is 0 Å². The first kappa shape index (κ1) is 10.2. The first-order valence-electron chi connectivity index (χ1n) is 4.12. The summed E-state index contributed by atoms with van der Waals surface area (Å²) < 4.78 is 0. The Hall–Kier alpha value is -1.84. The zero-order valence-corrected chi connectivity index (χ0v) is 8.11. The van der Waals surface area contributed by atoms with E-state index in [1.54, 1.807) is 31.1 Å². The second-order valence-electron chi connectivity index (χ2n) is 3.13. The van der Waals surface area contributed by atoms with Crippen LogP contribution in [0.3, 0.4) is 0 Å². The number of amidine groups is 1. The van der Waals surface area contributed by atoms with Gasteiger partial charge in [0.2, 0.25) is 0 Å². The number of carboxylic acid groups (broad SMARTS) is 1. The smallest absolute Gasteiger partial charge is 0.335 e. The SMILES string of the molecule is CN(C)C(=N)c1ccc(C(=O)O)cc1. The molecule has 0 atom stereocenters. The topological polar surface area (TPSA) is 64.4 Å². The number of nitrogens with zero attached hydrogens (tertiary/aromatic N) is 1. The van der Waals surface area contributed by atoms with Gasteiger partial charge in [0.25, 0.3) is 0 Å². The van der Waals surface area contributed by atoms with Crippen LogP contribution in [0.25, 0.3) is 0 Å². The summed E-state index contributed by atoms with van der Waals surface area (Å²) in [5.74, 6) is -0.588. The molecule has 0 spiro atoms. The molecule has 0 heterocycles. The van der Waals surface area contributed by atoms with Crippen molar-refractivity contribution in [2.75, 3.05) is 14.1 Å². The van der Waals surface area contributed by atoms with Crippen LogP contribution in [-0.2, 0) is 0 Å². The highest BCUT2D eigenvalue weighted by molar-refractivity contribution is 5.97. The fourth-order valence-electron chi connectivity index (χ4n) is 1.03. The average Bonchev–Trinajstić information content (AvgIpc) is 2.16. The van der Waals surface area contributed by atoms with Crippen LogP contribution in [0, 0.1) is 5.41 Å². The quantitative estimate of drug-likeness (QED) is 0.548. The van der Waals surface area contributed by atoms with Gasteiger partial charge < -0.3 is 10.0 Å². The van der Waals surface area contributed by atoms with Gasteiger partial charge in [0.1, 0.15) is 5.84 Å². The second kappa shape index (κ2) is 3.91. The van der Waals surface area contributed by atoms with E-state index in [0.717, 1.165) is 0 Å². The van der Waals surface area contributed by atoms with Crippen molar-refractivity contribution in [3.05, 3.63) is 35.4 Å². The lowest BCUT2D eigenvalue weighted by atomic mass is 10.1. The van der Waals surface area contributed by atoms with E-state index in [4.69, 9.17) is 10.5 Å². The molecule has 1 aromatic rings. The highest BCUT2D eigenvalue weighted by atomic mass is 16.4. The standard InChI is InChI=1S/C10H12N2O2/c1-12(2)9(11)7-3-5-8(6-4-7)10(13)14/h3-6,11H,1-2H3,(H,13,14). The van der Waals surface area contributed by atoms with Gasteiger partial charge in [-0.1, -0.05) is 12.1 Å². The molecule has 0 radical (unpaired) electrons. The Morgan fingerprint density at radius 1 is 1.21 bits per heavy atom. The van der Waals surface area contributed by atoms with Crippen LogP contribution in [0.15, 0.2) is 24.3 Å². The lowest BCUT2D eigenvalue weighted by molar-refractivity contribution is 0.0697. The van der Waals surface area contributed by atoms with Crippen LogP contribution >= 0.6 is 0 Å². The molecule has 0 saturated carbocycles. The first-order chi connectivity index (χ1) is 6.52. The van der Waals surface area contributed by atoms with Gasteiger partial charge in [-0.15, -0.1) is 0 Å². The molecule has 4 heteroatoms. The van der Waals surface area contributed by atoms with Gasteiger partial charge in [-0.25, -0.2) is 4.79 Å². The molecular weight excluding hydrogens is 180 g/mol. The monoisotopic (exact) mass is 192 g/mol. The van der Waals surface area contributed by atoms with Gasteiger partial charge >= 0.3 is 5.97 Å². The van der Waals surface area contributed by atoms with E-state index in [0.29, 0.717) is 11.4 Å². The molecular formula is C10H12N2O2. The lowest BCUT2D eigenvalue weighted by Gasteiger charge is -2.13. The Morgan fingerprint density at radius 3 is 2.00 bits per heavy atom. The number of benzene rings is 1. The Bertz CT molecular complexity index is 355. The van der Waals surface area contributed by atoms with Crippen molar-refractivity contribution in [3.63, 3.8) is 0 Å². The van der Waals surface area contributed by atoms with Gasteiger partial charge in [0.05, 0.1) is 5.56 Å². The number of rotatable bonds is 2. The number of aromatic carboxylic acids is 1. The maximum Gasteiger partial charge on any atom is 0.335 e. The zero-order chi connectivity index (χ0) is 10.7. The molecule has 0 amide bonds. The summed E-state index contributed by atoms with van der Waals surface area (Å²) in [7, 11) is 3.54. The molecule has 74 valence electrons. The van der Waals surface area contributed by atoms with E-state index in [1.165, 1.54) is 12.1 Å². The second-order valence-corrected chi connectivity index (χ2v) is 3.13. The number of carboxylic acids is 1. The fraction of sp³-hybridized carbons (Fsp3) is 0.200. The van der Waals surface area contributed by atoms with Gasteiger partial charge in [0.15, 0.2) is 0 Å². The molecule has 0 bridgehead atoms. The van der Waals surface area contributed by atoms with Crippen LogP contribution in [0.2, 0.25) is 0 Å². The molecule has 4 nitrogen and oxygen atoms in total. The average molecular weight is 192 g/mol. The van der Waals surface area contributed by atoms with E-state index in [1.807, 2.05) is 0 Å². The van der Waals surface area contributed by atoms with Gasteiger partial charge in [-0.2, -0.15) is 0 Å². The largest absolute Gasteiger partial charge is 0.478 e. The Morgan fingerprint density at radius 2 is 1.64 bits per heavy atom. The molecule has 0 saturated heterocycles. The van der Waals surface area contributed by atoms with E-state index >= 15 is 0 Å². The zero-order valence-electron chi connectivity index (χ0n) is 8.11. The Labute approximate surface area is 82.3 Å². The van der Waals surface area contributed by atoms with E-state index in [-0.39, 0.29) is 5.56 Å². The summed E-state index contributed by atoms with van der Waals surface area (Å²) in [5.41, 5.74) is 0.945. The maximum atomic E-state index is 10.6. The number of carbonyl (C=O) groups is 1. The highest BCUT2D eigenvalue weighted by Crippen LogP contribution is 2.06. The predicted molar refractivity (Wildman–Crippen MR) is 53.9 cm³/mol. The van der Waals surface area contributed by atoms with Crippen LogP contribution in [0.5, 0.6) is 0 Å². The molecule has 1 rings (SSSR count). The first-order valence-corrected chi connectivity index (χ1v) is 4.12. The molecule has 0 aromatic heterocycles. The van der Waals surface area contributed by atoms with E-state index in [9.17, 15) is 4.79 Å². The summed E-state index contributed by atoms with van der Waals surface area (Å²) in [6, 6.07) is 6.25. The third-order valence-electron chi connectivity index (χ3n) is 1.85. The molecule has 2 N–H and O–H groups in total. The lowest BCUT2D eigenvalue weighted by Crippen LogP contribution is -2.21. The van der Waals surface area contributed by atoms with Crippen LogP contribution in [0.1, 0.15) is 15.9 Å². The molecule has 0 aliphatic carbocycles. The minimum absolute atomic E-state index is 0.236. The Balaban J connectivity index is 2.94. The van der Waals surface area contributed by atoms with Crippen LogP contribution in [-0.4, -0.2) is 35.9 Å². The third-order valence-corrected chi connectivity index (χ3v) is 1.85.